The van der Waals surface area contributed by atoms with Crippen LogP contribution in [0.15, 0.2) is 11.6 Å². The Labute approximate surface area is 237 Å². The first-order valence-corrected chi connectivity index (χ1v) is 15.0. The van der Waals surface area contributed by atoms with Gasteiger partial charge in [0.15, 0.2) is 0 Å². The van der Waals surface area contributed by atoms with E-state index in [0.29, 0.717) is 44.9 Å². The second-order valence-corrected chi connectivity index (χ2v) is 15.1. The number of carbonyl (C=O) groups excluding carboxylic acids is 2. The number of hydrogen-bond donors (Lipinski definition) is 3. The molecule has 8 heteroatoms. The first kappa shape index (κ1) is 29.6. The van der Waals surface area contributed by atoms with E-state index < -0.39 is 45.8 Å². The standard InChI is InChI=1S/C32H48O8/c1-27(24(35)36)12-14-32(26(38)40-7)15-13-29(3)18(19(32)16-27)8-9-21-28(2)17-20(33)23(34)31(5,25(37)39-6)22(28)10-11-30(21,29)4/h8,19-23,33-34H,9-17H2,1-7H3,(H,35,36)/t19-,20-,21+,22+,23-,27-,28+,29+,30+,31-,32-/m0/s1. The van der Waals surface area contributed by atoms with Crippen molar-refractivity contribution in [3.05, 3.63) is 11.6 Å². The molecular formula is C32H48O8. The van der Waals surface area contributed by atoms with Gasteiger partial charge in [0.25, 0.3) is 0 Å². The summed E-state index contributed by atoms with van der Waals surface area (Å²) in [5.41, 5.74) is -2.57. The van der Waals surface area contributed by atoms with Gasteiger partial charge in [-0.3, -0.25) is 14.4 Å². The van der Waals surface area contributed by atoms with Crippen LogP contribution >= 0.6 is 0 Å². The fourth-order valence-electron chi connectivity index (χ4n) is 11.1. The van der Waals surface area contributed by atoms with Gasteiger partial charge in [-0.2, -0.15) is 0 Å². The van der Waals surface area contributed by atoms with Crippen molar-refractivity contribution in [2.45, 2.75) is 105 Å². The van der Waals surface area contributed by atoms with Crippen LogP contribution in [0.5, 0.6) is 0 Å². The highest BCUT2D eigenvalue weighted by Gasteiger charge is 2.72. The quantitative estimate of drug-likeness (QED) is 0.340. The molecule has 0 aliphatic heterocycles. The zero-order chi connectivity index (χ0) is 29.7. The number of aliphatic hydroxyl groups is 2. The maximum Gasteiger partial charge on any atom is 0.314 e. The lowest BCUT2D eigenvalue weighted by molar-refractivity contribution is -0.241. The number of aliphatic hydroxyl groups excluding tert-OH is 2. The van der Waals surface area contributed by atoms with Gasteiger partial charge in [0.1, 0.15) is 0 Å². The molecular weight excluding hydrogens is 512 g/mol. The van der Waals surface area contributed by atoms with E-state index in [1.54, 1.807) is 6.92 Å². The molecule has 0 saturated heterocycles. The second-order valence-electron chi connectivity index (χ2n) is 15.1. The molecule has 5 aliphatic rings. The summed E-state index contributed by atoms with van der Waals surface area (Å²) in [5.74, 6) is -1.77. The van der Waals surface area contributed by atoms with E-state index in [0.717, 1.165) is 12.8 Å². The third-order valence-electron chi connectivity index (χ3n) is 13.8. The number of carboxylic acid groups (broad SMARTS) is 1. The number of esters is 2. The van der Waals surface area contributed by atoms with Crippen LogP contribution in [0.25, 0.3) is 0 Å². The maximum atomic E-state index is 13.4. The molecule has 0 bridgehead atoms. The van der Waals surface area contributed by atoms with Crippen molar-refractivity contribution in [3.63, 3.8) is 0 Å². The van der Waals surface area contributed by atoms with Gasteiger partial charge in [-0.25, -0.2) is 0 Å². The Morgan fingerprint density at radius 1 is 0.850 bits per heavy atom. The Bertz CT molecular complexity index is 1150. The van der Waals surface area contributed by atoms with Crippen LogP contribution in [-0.4, -0.2) is 59.7 Å². The summed E-state index contributed by atoms with van der Waals surface area (Å²) in [6, 6.07) is 0. The van der Waals surface area contributed by atoms with Gasteiger partial charge in [-0.05, 0) is 106 Å². The lowest BCUT2D eigenvalue weighted by atomic mass is 9.33. The highest BCUT2D eigenvalue weighted by molar-refractivity contribution is 5.81. The number of ether oxygens (including phenoxy) is 2. The Morgan fingerprint density at radius 3 is 2.08 bits per heavy atom. The molecule has 3 N–H and O–H groups in total. The van der Waals surface area contributed by atoms with Gasteiger partial charge >= 0.3 is 17.9 Å². The van der Waals surface area contributed by atoms with Crippen LogP contribution < -0.4 is 0 Å². The average molecular weight is 561 g/mol. The highest BCUT2D eigenvalue weighted by atomic mass is 16.5. The molecule has 0 aromatic carbocycles. The lowest BCUT2D eigenvalue weighted by Crippen LogP contribution is -2.69. The smallest absolute Gasteiger partial charge is 0.314 e. The Hall–Kier alpha value is -1.93. The van der Waals surface area contributed by atoms with Crippen molar-refractivity contribution in [1.82, 2.24) is 0 Å². The van der Waals surface area contributed by atoms with Crippen molar-refractivity contribution in [2.75, 3.05) is 14.2 Å². The Kier molecular flexibility index (Phi) is 6.68. The predicted molar refractivity (Wildman–Crippen MR) is 147 cm³/mol. The molecule has 0 spiro atoms. The Morgan fingerprint density at radius 2 is 1.48 bits per heavy atom. The summed E-state index contributed by atoms with van der Waals surface area (Å²) in [4.78, 5) is 39.0. The summed E-state index contributed by atoms with van der Waals surface area (Å²) in [7, 11) is 2.77. The molecule has 0 amide bonds. The number of allylic oxidation sites excluding steroid dienone is 2. The van der Waals surface area contributed by atoms with Crippen LogP contribution in [0.4, 0.5) is 0 Å². The van der Waals surface area contributed by atoms with Crippen molar-refractivity contribution < 1.29 is 39.2 Å². The zero-order valence-corrected chi connectivity index (χ0v) is 25.2. The van der Waals surface area contributed by atoms with E-state index in [1.165, 1.54) is 19.8 Å². The number of methoxy groups -OCH3 is 2. The molecule has 0 heterocycles. The second kappa shape index (κ2) is 9.03. The first-order chi connectivity index (χ1) is 18.5. The normalized spacial score (nSPS) is 51.6. The molecule has 11 atom stereocenters. The SMILES string of the molecule is COC(=O)[C@]12CC[C@](C)(C(=O)O)C[C@H]1C1=CC[C@@H]3[C@@]4(C)C[C@H](O)[C@H](O)[C@@](C)(C(=O)OC)[C@@H]4CC[C@@]3(C)[C@]1(C)CC2. The van der Waals surface area contributed by atoms with E-state index in [2.05, 4.69) is 26.8 Å². The molecule has 4 saturated carbocycles. The maximum absolute atomic E-state index is 13.4. The number of carboxylic acids is 1. The molecule has 0 unspecified atom stereocenters. The van der Waals surface area contributed by atoms with Crippen molar-refractivity contribution in [1.29, 1.82) is 0 Å². The van der Waals surface area contributed by atoms with E-state index in [9.17, 15) is 29.7 Å². The molecule has 0 radical (unpaired) electrons. The fourth-order valence-corrected chi connectivity index (χ4v) is 11.1. The fraction of sp³-hybridized carbons (Fsp3) is 0.844. The molecule has 5 rings (SSSR count). The van der Waals surface area contributed by atoms with Gasteiger partial charge in [-0.15, -0.1) is 0 Å². The van der Waals surface area contributed by atoms with Crippen LogP contribution in [0, 0.1) is 50.2 Å². The highest BCUT2D eigenvalue weighted by Crippen LogP contribution is 2.76. The molecule has 0 aromatic heterocycles. The number of hydrogen-bond acceptors (Lipinski definition) is 7. The molecule has 40 heavy (non-hydrogen) atoms. The van der Waals surface area contributed by atoms with Crippen molar-refractivity contribution in [2.24, 2.45) is 50.2 Å². The molecule has 0 aromatic rings. The summed E-state index contributed by atoms with van der Waals surface area (Å²) < 4.78 is 10.6. The van der Waals surface area contributed by atoms with Gasteiger partial charge < -0.3 is 24.8 Å². The van der Waals surface area contributed by atoms with Crippen LogP contribution in [0.2, 0.25) is 0 Å². The number of carbonyl (C=O) groups is 3. The largest absolute Gasteiger partial charge is 0.481 e. The lowest BCUT2D eigenvalue weighted by Gasteiger charge is -2.71. The number of aliphatic carboxylic acids is 1. The van der Waals surface area contributed by atoms with Crippen LogP contribution in [-0.2, 0) is 23.9 Å². The third kappa shape index (κ3) is 3.41. The predicted octanol–water partition coefficient (Wildman–Crippen LogP) is 4.51. The molecule has 4 fully saturated rings. The molecule has 224 valence electrons. The van der Waals surface area contributed by atoms with Gasteiger partial charge in [-0.1, -0.05) is 32.4 Å². The number of rotatable bonds is 3. The summed E-state index contributed by atoms with van der Waals surface area (Å²) in [5, 5.41) is 32.4. The minimum Gasteiger partial charge on any atom is -0.481 e. The van der Waals surface area contributed by atoms with E-state index in [1.807, 2.05) is 6.92 Å². The van der Waals surface area contributed by atoms with Crippen molar-refractivity contribution in [3.8, 4) is 0 Å². The van der Waals surface area contributed by atoms with Crippen LogP contribution in [0.3, 0.4) is 0 Å². The van der Waals surface area contributed by atoms with E-state index in [4.69, 9.17) is 9.47 Å². The summed E-state index contributed by atoms with van der Waals surface area (Å²) in [6.45, 7) is 10.4. The molecule has 5 aliphatic carbocycles. The van der Waals surface area contributed by atoms with E-state index in [-0.39, 0.29) is 34.6 Å². The minimum atomic E-state index is -1.22. The zero-order valence-electron chi connectivity index (χ0n) is 25.2. The van der Waals surface area contributed by atoms with Crippen LogP contribution in [0.1, 0.15) is 92.4 Å². The summed E-state index contributed by atoms with van der Waals surface area (Å²) >= 11 is 0. The topological polar surface area (TPSA) is 130 Å². The first-order valence-electron chi connectivity index (χ1n) is 15.0. The Balaban J connectivity index is 1.62. The van der Waals surface area contributed by atoms with E-state index >= 15 is 0 Å². The van der Waals surface area contributed by atoms with Gasteiger partial charge in [0.05, 0.1) is 42.7 Å². The van der Waals surface area contributed by atoms with Gasteiger partial charge in [0, 0.05) is 0 Å². The monoisotopic (exact) mass is 560 g/mol. The summed E-state index contributed by atoms with van der Waals surface area (Å²) in [6.07, 6.45) is 5.50. The number of fused-ring (bicyclic) bond motifs is 7. The average Bonchev–Trinajstić information content (AvgIpc) is 2.91. The molecule has 8 nitrogen and oxygen atoms in total. The minimum absolute atomic E-state index is 0.124. The van der Waals surface area contributed by atoms with Crippen molar-refractivity contribution >= 4 is 17.9 Å². The van der Waals surface area contributed by atoms with Gasteiger partial charge in [0.2, 0.25) is 0 Å². The third-order valence-corrected chi connectivity index (χ3v) is 13.8.